The fraction of sp³-hybridized carbons (Fsp3) is 0.138. The molecule has 2 heterocycles. The summed E-state index contributed by atoms with van der Waals surface area (Å²) in [6.45, 7) is 1.55. The van der Waals surface area contributed by atoms with Gasteiger partial charge in [-0.2, -0.15) is 5.10 Å². The van der Waals surface area contributed by atoms with Crippen molar-refractivity contribution in [2.45, 2.75) is 6.10 Å². The van der Waals surface area contributed by atoms with Gasteiger partial charge in [0.2, 0.25) is 0 Å². The first-order valence-corrected chi connectivity index (χ1v) is 11.5. The molecule has 0 aliphatic carbocycles. The van der Waals surface area contributed by atoms with Crippen LogP contribution in [0.4, 0.5) is 5.69 Å². The predicted octanol–water partition coefficient (Wildman–Crippen LogP) is 6.03. The molecule has 1 aliphatic rings. The third kappa shape index (κ3) is 3.91. The molecule has 1 unspecified atom stereocenters. The summed E-state index contributed by atoms with van der Waals surface area (Å²) < 4.78 is 13.1. The molecule has 1 saturated heterocycles. The molecule has 0 amide bonds. The lowest BCUT2D eigenvalue weighted by Crippen LogP contribution is -2.22. The molecular weight excluding hydrogens is 422 g/mol. The average Bonchev–Trinajstić information content (AvgIpc) is 3.67. The van der Waals surface area contributed by atoms with Gasteiger partial charge < -0.3 is 14.0 Å². The molecule has 5 aromatic rings. The van der Waals surface area contributed by atoms with E-state index in [9.17, 15) is 0 Å². The van der Waals surface area contributed by atoms with E-state index in [4.69, 9.17) is 14.6 Å². The molecule has 0 radical (unpaired) electrons. The lowest BCUT2D eigenvalue weighted by Gasteiger charge is -2.17. The second-order valence-electron chi connectivity index (χ2n) is 8.44. The summed E-state index contributed by atoms with van der Waals surface area (Å²) in [7, 11) is 1.69. The van der Waals surface area contributed by atoms with E-state index in [1.165, 1.54) is 16.3 Å². The molecule has 1 aliphatic heterocycles. The van der Waals surface area contributed by atoms with Gasteiger partial charge in [0.25, 0.3) is 0 Å². The van der Waals surface area contributed by atoms with Crippen LogP contribution in [-0.2, 0) is 4.74 Å². The summed E-state index contributed by atoms with van der Waals surface area (Å²) in [5.74, 6) is 0.850. The number of ether oxygens (including phenoxy) is 2. The summed E-state index contributed by atoms with van der Waals surface area (Å²) in [6.07, 6.45) is 2.19. The van der Waals surface area contributed by atoms with Crippen molar-refractivity contribution in [2.24, 2.45) is 5.10 Å². The minimum absolute atomic E-state index is 0.252. The van der Waals surface area contributed by atoms with Gasteiger partial charge >= 0.3 is 0 Å². The number of epoxide rings is 1. The van der Waals surface area contributed by atoms with Crippen molar-refractivity contribution in [1.29, 1.82) is 0 Å². The van der Waals surface area contributed by atoms with Gasteiger partial charge in [-0.25, -0.2) is 0 Å². The van der Waals surface area contributed by atoms with Gasteiger partial charge in [0.1, 0.15) is 11.9 Å². The van der Waals surface area contributed by atoms with E-state index in [0.717, 1.165) is 41.4 Å². The second-order valence-corrected chi connectivity index (χ2v) is 8.44. The number of methoxy groups -OCH3 is 1. The smallest absolute Gasteiger partial charge is 0.119 e. The van der Waals surface area contributed by atoms with Crippen molar-refractivity contribution in [3.63, 3.8) is 0 Å². The van der Waals surface area contributed by atoms with Gasteiger partial charge in [-0.1, -0.05) is 42.5 Å². The summed E-state index contributed by atoms with van der Waals surface area (Å²) in [4.78, 5) is 0. The Bertz CT molecular complexity index is 1470. The summed E-state index contributed by atoms with van der Waals surface area (Å²) in [6, 6.07) is 33.5. The Labute approximate surface area is 198 Å². The largest absolute Gasteiger partial charge is 0.497 e. The lowest BCUT2D eigenvalue weighted by molar-refractivity contribution is 0.408. The highest BCUT2D eigenvalue weighted by Gasteiger charge is 2.25. The molecule has 0 saturated carbocycles. The van der Waals surface area contributed by atoms with Crippen LogP contribution in [0, 0.1) is 0 Å². The molecule has 5 heteroatoms. The molecule has 5 nitrogen and oxygen atoms in total. The Morgan fingerprint density at radius 3 is 2.41 bits per heavy atom. The number of aromatic nitrogens is 1. The highest BCUT2D eigenvalue weighted by atomic mass is 16.6. The van der Waals surface area contributed by atoms with Crippen molar-refractivity contribution < 1.29 is 9.47 Å². The standard InChI is InChI=1S/C29H25N3O2/c1-33-24-14-12-23(13-15-24)32-28-10-6-5-9-26(28)27-17-21(11-16-29(27)32)18-30-31(19-25-20-34-25)22-7-3-2-4-8-22/h2-18,25H,19-20H2,1H3/b30-18+. The van der Waals surface area contributed by atoms with E-state index >= 15 is 0 Å². The molecule has 0 N–H and O–H groups in total. The van der Waals surface area contributed by atoms with Crippen molar-refractivity contribution >= 4 is 33.7 Å². The van der Waals surface area contributed by atoms with E-state index in [2.05, 4.69) is 71.3 Å². The summed E-state index contributed by atoms with van der Waals surface area (Å²) in [5.41, 5.74) is 5.56. The van der Waals surface area contributed by atoms with Gasteiger partial charge in [-0.15, -0.1) is 0 Å². The molecule has 6 rings (SSSR count). The fourth-order valence-electron chi connectivity index (χ4n) is 4.40. The highest BCUT2D eigenvalue weighted by molar-refractivity contribution is 6.10. The van der Waals surface area contributed by atoms with E-state index < -0.39 is 0 Å². The van der Waals surface area contributed by atoms with Crippen LogP contribution >= 0.6 is 0 Å². The number of rotatable bonds is 7. The molecule has 1 fully saturated rings. The minimum atomic E-state index is 0.252. The quantitative estimate of drug-likeness (QED) is 0.174. The average molecular weight is 448 g/mol. The van der Waals surface area contributed by atoms with E-state index in [1.54, 1.807) is 7.11 Å². The molecule has 4 aromatic carbocycles. The number of benzene rings is 4. The van der Waals surface area contributed by atoms with Crippen LogP contribution < -0.4 is 9.75 Å². The monoisotopic (exact) mass is 447 g/mol. The number of anilines is 1. The second kappa shape index (κ2) is 8.69. The summed E-state index contributed by atoms with van der Waals surface area (Å²) >= 11 is 0. The van der Waals surface area contributed by atoms with E-state index in [1.807, 2.05) is 41.6 Å². The van der Waals surface area contributed by atoms with Crippen LogP contribution in [0.5, 0.6) is 5.75 Å². The summed E-state index contributed by atoms with van der Waals surface area (Å²) in [5, 5.41) is 9.26. The first-order chi connectivity index (χ1) is 16.8. The lowest BCUT2D eigenvalue weighted by atomic mass is 10.1. The van der Waals surface area contributed by atoms with Crippen LogP contribution in [-0.4, -0.2) is 37.1 Å². The van der Waals surface area contributed by atoms with Crippen molar-refractivity contribution in [1.82, 2.24) is 4.57 Å². The highest BCUT2D eigenvalue weighted by Crippen LogP contribution is 2.33. The number of hydrogen-bond acceptors (Lipinski definition) is 4. The van der Waals surface area contributed by atoms with Crippen LogP contribution in [0.2, 0.25) is 0 Å². The first-order valence-electron chi connectivity index (χ1n) is 11.5. The first kappa shape index (κ1) is 20.5. The van der Waals surface area contributed by atoms with Crippen LogP contribution in [0.3, 0.4) is 0 Å². The third-order valence-electron chi connectivity index (χ3n) is 6.21. The van der Waals surface area contributed by atoms with Crippen LogP contribution in [0.1, 0.15) is 5.56 Å². The molecule has 34 heavy (non-hydrogen) atoms. The van der Waals surface area contributed by atoms with Gasteiger partial charge in [-0.05, 0) is 60.2 Å². The number of fused-ring (bicyclic) bond motifs is 3. The minimum Gasteiger partial charge on any atom is -0.497 e. The van der Waals surface area contributed by atoms with Crippen molar-refractivity contribution in [3.8, 4) is 11.4 Å². The number of para-hydroxylation sites is 2. The Hall–Kier alpha value is -4.09. The zero-order valence-electron chi connectivity index (χ0n) is 19.0. The van der Waals surface area contributed by atoms with Gasteiger partial charge in [0.05, 0.1) is 43.2 Å². The Morgan fingerprint density at radius 2 is 1.65 bits per heavy atom. The van der Waals surface area contributed by atoms with Crippen LogP contribution in [0.25, 0.3) is 27.5 Å². The molecule has 168 valence electrons. The third-order valence-corrected chi connectivity index (χ3v) is 6.21. The zero-order valence-corrected chi connectivity index (χ0v) is 19.0. The van der Waals surface area contributed by atoms with Gasteiger partial charge in [0, 0.05) is 16.5 Å². The van der Waals surface area contributed by atoms with Gasteiger partial charge in [0.15, 0.2) is 0 Å². The number of hydrogen-bond donors (Lipinski definition) is 0. The maximum absolute atomic E-state index is 5.45. The predicted molar refractivity (Wildman–Crippen MR) is 138 cm³/mol. The SMILES string of the molecule is COc1ccc(-n2c3ccccc3c3cc(/C=N/N(CC4CO4)c4ccccc4)ccc32)cc1. The fourth-order valence-corrected chi connectivity index (χ4v) is 4.40. The molecule has 0 bridgehead atoms. The normalized spacial score (nSPS) is 15.3. The topological polar surface area (TPSA) is 42.3 Å². The Morgan fingerprint density at radius 1 is 0.912 bits per heavy atom. The van der Waals surface area contributed by atoms with Gasteiger partial charge in [-0.3, -0.25) is 5.01 Å². The molecule has 0 spiro atoms. The Balaban J connectivity index is 1.41. The van der Waals surface area contributed by atoms with Crippen molar-refractivity contribution in [3.05, 3.63) is 103 Å². The zero-order chi connectivity index (χ0) is 22.9. The molecule has 1 aromatic heterocycles. The van der Waals surface area contributed by atoms with Crippen molar-refractivity contribution in [2.75, 3.05) is 25.3 Å². The number of nitrogens with zero attached hydrogens (tertiary/aromatic N) is 3. The van der Waals surface area contributed by atoms with E-state index in [0.29, 0.717) is 0 Å². The number of hydrazone groups is 1. The maximum atomic E-state index is 5.45. The maximum Gasteiger partial charge on any atom is 0.119 e. The molecule has 1 atom stereocenters. The molecular formula is C29H25N3O2. The van der Waals surface area contributed by atoms with Crippen LogP contribution in [0.15, 0.2) is 102 Å². The Kier molecular flexibility index (Phi) is 5.24. The van der Waals surface area contributed by atoms with E-state index in [-0.39, 0.29) is 6.10 Å².